The number of halogens is 3. The number of ether oxygens (including phenoxy) is 1. The van der Waals surface area contributed by atoms with Crippen molar-refractivity contribution >= 4 is 29.0 Å². The van der Waals surface area contributed by atoms with Gasteiger partial charge in [-0.1, -0.05) is 34.4 Å². The van der Waals surface area contributed by atoms with Crippen LogP contribution in [-0.2, 0) is 6.61 Å². The first-order valence-corrected chi connectivity index (χ1v) is 6.61. The molecule has 0 aliphatic heterocycles. The Labute approximate surface area is 130 Å². The molecule has 0 radical (unpaired) electrons. The summed E-state index contributed by atoms with van der Waals surface area (Å²) in [6.45, 7) is 0.136. The average Bonchev–Trinajstić information content (AvgIpc) is 2.48. The first-order valence-electron chi connectivity index (χ1n) is 5.85. The molecule has 0 aromatic heterocycles. The molecule has 0 amide bonds. The van der Waals surface area contributed by atoms with Crippen molar-refractivity contribution in [1.82, 2.24) is 0 Å². The second-order valence-electron chi connectivity index (χ2n) is 4.17. The van der Waals surface area contributed by atoms with E-state index in [-0.39, 0.29) is 23.8 Å². The number of nitrogens with two attached hydrogens (primary N) is 1. The minimum absolute atomic E-state index is 0.0514. The number of hydrogen-bond donors (Lipinski definition) is 2. The van der Waals surface area contributed by atoms with Crippen LogP contribution in [0.2, 0.25) is 10.0 Å². The molecule has 3 N–H and O–H groups in total. The summed E-state index contributed by atoms with van der Waals surface area (Å²) in [6.07, 6.45) is 0. The highest BCUT2D eigenvalue weighted by Crippen LogP contribution is 2.24. The molecule has 4 nitrogen and oxygen atoms in total. The van der Waals surface area contributed by atoms with Crippen molar-refractivity contribution in [2.45, 2.75) is 6.61 Å². The fourth-order valence-electron chi connectivity index (χ4n) is 1.63. The lowest BCUT2D eigenvalue weighted by Crippen LogP contribution is -2.13. The van der Waals surface area contributed by atoms with Crippen molar-refractivity contribution < 1.29 is 14.3 Å². The third-order valence-electron chi connectivity index (χ3n) is 2.71. The molecule has 0 bridgehead atoms. The Morgan fingerprint density at radius 3 is 2.57 bits per heavy atom. The molecule has 0 heterocycles. The zero-order chi connectivity index (χ0) is 15.4. The van der Waals surface area contributed by atoms with E-state index >= 15 is 0 Å². The summed E-state index contributed by atoms with van der Waals surface area (Å²) in [5.41, 5.74) is 6.39. The van der Waals surface area contributed by atoms with Crippen LogP contribution >= 0.6 is 23.2 Å². The van der Waals surface area contributed by atoms with Crippen LogP contribution in [0.25, 0.3) is 0 Å². The van der Waals surface area contributed by atoms with Gasteiger partial charge in [0, 0.05) is 5.56 Å². The second-order valence-corrected chi connectivity index (χ2v) is 4.98. The standard InChI is InChI=1S/C14H11Cl2FN2O2/c15-10-3-1-8(5-11(10)16)7-21-13-4-2-9(6-12(13)17)14(18)19-20/h1-6,20H,7H2,(H2,18,19). The molecule has 0 atom stereocenters. The molecule has 21 heavy (non-hydrogen) atoms. The Kier molecular flexibility index (Phi) is 4.88. The van der Waals surface area contributed by atoms with Crippen molar-refractivity contribution in [2.24, 2.45) is 10.9 Å². The van der Waals surface area contributed by atoms with Crippen molar-refractivity contribution in [3.63, 3.8) is 0 Å². The van der Waals surface area contributed by atoms with Crippen LogP contribution in [0.4, 0.5) is 4.39 Å². The Morgan fingerprint density at radius 1 is 1.19 bits per heavy atom. The van der Waals surface area contributed by atoms with E-state index in [0.717, 1.165) is 11.6 Å². The summed E-state index contributed by atoms with van der Waals surface area (Å²) >= 11 is 11.7. The van der Waals surface area contributed by atoms with Crippen molar-refractivity contribution in [1.29, 1.82) is 0 Å². The minimum Gasteiger partial charge on any atom is -0.486 e. The Hall–Kier alpha value is -1.98. The number of oxime groups is 1. The highest BCUT2D eigenvalue weighted by molar-refractivity contribution is 6.42. The number of benzene rings is 2. The molecule has 7 heteroatoms. The maximum atomic E-state index is 13.8. The van der Waals surface area contributed by atoms with Gasteiger partial charge in [0.1, 0.15) is 6.61 Å². The maximum absolute atomic E-state index is 13.8. The summed E-state index contributed by atoms with van der Waals surface area (Å²) < 4.78 is 19.2. The van der Waals surface area contributed by atoms with Gasteiger partial charge in [0.2, 0.25) is 0 Å². The zero-order valence-electron chi connectivity index (χ0n) is 10.7. The van der Waals surface area contributed by atoms with E-state index in [9.17, 15) is 4.39 Å². The van der Waals surface area contributed by atoms with Gasteiger partial charge in [0.05, 0.1) is 10.0 Å². The zero-order valence-corrected chi connectivity index (χ0v) is 12.2. The lowest BCUT2D eigenvalue weighted by molar-refractivity contribution is 0.290. The molecule has 0 unspecified atom stereocenters. The van der Waals surface area contributed by atoms with Gasteiger partial charge < -0.3 is 15.7 Å². The van der Waals surface area contributed by atoms with Gasteiger partial charge >= 0.3 is 0 Å². The largest absolute Gasteiger partial charge is 0.486 e. The lowest BCUT2D eigenvalue weighted by Gasteiger charge is -2.09. The van der Waals surface area contributed by atoms with Crippen LogP contribution in [0.5, 0.6) is 5.75 Å². The van der Waals surface area contributed by atoms with E-state index in [2.05, 4.69) is 5.16 Å². The van der Waals surface area contributed by atoms with Crippen molar-refractivity contribution in [3.05, 3.63) is 63.4 Å². The van der Waals surface area contributed by atoms with Gasteiger partial charge in [0.15, 0.2) is 17.4 Å². The first-order chi connectivity index (χ1) is 10.0. The van der Waals surface area contributed by atoms with Gasteiger partial charge in [-0.2, -0.15) is 0 Å². The fraction of sp³-hybridized carbons (Fsp3) is 0.0714. The molecule has 0 fully saturated rings. The molecular formula is C14H11Cl2FN2O2. The molecule has 2 aromatic rings. The Morgan fingerprint density at radius 2 is 1.95 bits per heavy atom. The van der Waals surface area contributed by atoms with E-state index in [1.165, 1.54) is 12.1 Å². The van der Waals surface area contributed by atoms with Crippen LogP contribution in [0.1, 0.15) is 11.1 Å². The quantitative estimate of drug-likeness (QED) is 0.388. The number of rotatable bonds is 4. The van der Waals surface area contributed by atoms with Crippen molar-refractivity contribution in [2.75, 3.05) is 0 Å². The Balaban J connectivity index is 2.11. The number of hydrogen-bond acceptors (Lipinski definition) is 3. The molecule has 0 saturated heterocycles. The van der Waals surface area contributed by atoms with E-state index in [4.69, 9.17) is 38.9 Å². The SMILES string of the molecule is N/C(=N/O)c1ccc(OCc2ccc(Cl)c(Cl)c2)c(F)c1. The van der Waals surface area contributed by atoms with Crippen LogP contribution in [0.15, 0.2) is 41.6 Å². The van der Waals surface area contributed by atoms with Crippen LogP contribution < -0.4 is 10.5 Å². The van der Waals surface area contributed by atoms with Crippen LogP contribution in [0, 0.1) is 5.82 Å². The van der Waals surface area contributed by atoms with E-state index in [1.807, 2.05) is 0 Å². The third-order valence-corrected chi connectivity index (χ3v) is 3.45. The monoisotopic (exact) mass is 328 g/mol. The summed E-state index contributed by atoms with van der Waals surface area (Å²) in [7, 11) is 0. The summed E-state index contributed by atoms with van der Waals surface area (Å²) in [5, 5.41) is 12.2. The number of nitrogens with zero attached hydrogens (tertiary/aromatic N) is 1. The predicted molar refractivity (Wildman–Crippen MR) is 79.7 cm³/mol. The van der Waals surface area contributed by atoms with Gasteiger partial charge in [-0.05, 0) is 35.9 Å². The van der Waals surface area contributed by atoms with Gasteiger partial charge in [-0.15, -0.1) is 0 Å². The molecule has 2 aromatic carbocycles. The average molecular weight is 329 g/mol. The van der Waals surface area contributed by atoms with Crippen LogP contribution in [-0.4, -0.2) is 11.0 Å². The molecule has 0 aliphatic rings. The molecule has 2 rings (SSSR count). The topological polar surface area (TPSA) is 67.8 Å². The molecular weight excluding hydrogens is 318 g/mol. The van der Waals surface area contributed by atoms with Gasteiger partial charge in [0.25, 0.3) is 0 Å². The third kappa shape index (κ3) is 3.77. The summed E-state index contributed by atoms with van der Waals surface area (Å²) in [5.74, 6) is -0.736. The minimum atomic E-state index is -0.612. The maximum Gasteiger partial charge on any atom is 0.170 e. The number of amidine groups is 1. The smallest absolute Gasteiger partial charge is 0.170 e. The van der Waals surface area contributed by atoms with Gasteiger partial charge in [-0.3, -0.25) is 0 Å². The second kappa shape index (κ2) is 6.65. The molecule has 0 saturated carbocycles. The van der Waals surface area contributed by atoms with Gasteiger partial charge in [-0.25, -0.2) is 4.39 Å². The van der Waals surface area contributed by atoms with Crippen LogP contribution in [0.3, 0.4) is 0 Å². The first kappa shape index (κ1) is 15.4. The van der Waals surface area contributed by atoms with Crippen molar-refractivity contribution in [3.8, 4) is 5.75 Å². The highest BCUT2D eigenvalue weighted by atomic mass is 35.5. The predicted octanol–water partition coefficient (Wildman–Crippen LogP) is 3.81. The fourth-order valence-corrected chi connectivity index (χ4v) is 1.95. The molecule has 0 spiro atoms. The molecule has 0 aliphatic carbocycles. The van der Waals surface area contributed by atoms with E-state index in [0.29, 0.717) is 10.0 Å². The normalized spacial score (nSPS) is 11.5. The summed E-state index contributed by atoms with van der Waals surface area (Å²) in [4.78, 5) is 0. The molecule has 110 valence electrons. The lowest BCUT2D eigenvalue weighted by atomic mass is 10.2. The highest BCUT2D eigenvalue weighted by Gasteiger charge is 2.08. The Bertz CT molecular complexity index is 693. The van der Waals surface area contributed by atoms with E-state index in [1.54, 1.807) is 18.2 Å². The van der Waals surface area contributed by atoms with E-state index < -0.39 is 5.82 Å². The summed E-state index contributed by atoms with van der Waals surface area (Å²) in [6, 6.07) is 9.03.